The second-order valence-corrected chi connectivity index (χ2v) is 6.43. The molecule has 132 valence electrons. The van der Waals surface area contributed by atoms with E-state index in [1.54, 1.807) is 12.1 Å². The fourth-order valence-electron chi connectivity index (χ4n) is 2.95. The van der Waals surface area contributed by atoms with Gasteiger partial charge >= 0.3 is 0 Å². The lowest BCUT2D eigenvalue weighted by Gasteiger charge is -2.33. The molecule has 1 amide bonds. The molecule has 2 aromatic carbocycles. The zero-order valence-electron chi connectivity index (χ0n) is 14.1. The van der Waals surface area contributed by atoms with Gasteiger partial charge in [0.25, 0.3) is 5.91 Å². The summed E-state index contributed by atoms with van der Waals surface area (Å²) in [6.45, 7) is 2.34. The van der Waals surface area contributed by atoms with Gasteiger partial charge in [-0.2, -0.15) is 0 Å². The number of halogens is 1. The molecule has 0 saturated carbocycles. The van der Waals surface area contributed by atoms with Gasteiger partial charge in [0.05, 0.1) is 23.3 Å². The minimum atomic E-state index is -0.0283. The molecule has 1 unspecified atom stereocenters. The van der Waals surface area contributed by atoms with Crippen molar-refractivity contribution in [1.82, 2.24) is 4.90 Å². The third-order valence-electron chi connectivity index (χ3n) is 4.22. The zero-order valence-corrected chi connectivity index (χ0v) is 14.8. The number of benzene rings is 2. The Kier molecular flexibility index (Phi) is 6.31. The van der Waals surface area contributed by atoms with Crippen molar-refractivity contribution in [3.8, 4) is 5.75 Å². The van der Waals surface area contributed by atoms with Crippen LogP contribution in [0.3, 0.4) is 0 Å². The highest BCUT2D eigenvalue weighted by molar-refractivity contribution is 6.33. The van der Waals surface area contributed by atoms with E-state index >= 15 is 0 Å². The van der Waals surface area contributed by atoms with Gasteiger partial charge in [0.1, 0.15) is 12.4 Å². The van der Waals surface area contributed by atoms with Crippen LogP contribution in [0, 0.1) is 0 Å². The lowest BCUT2D eigenvalue weighted by Crippen LogP contribution is -2.43. The van der Waals surface area contributed by atoms with Crippen molar-refractivity contribution in [3.05, 3.63) is 65.2 Å². The van der Waals surface area contributed by atoms with Crippen molar-refractivity contribution >= 4 is 17.5 Å². The zero-order chi connectivity index (χ0) is 17.5. The van der Waals surface area contributed by atoms with Crippen molar-refractivity contribution in [1.29, 1.82) is 0 Å². The molecule has 0 aliphatic carbocycles. The number of carbonyl (C=O) groups excluding carboxylic acids is 1. The van der Waals surface area contributed by atoms with Crippen molar-refractivity contribution in [2.45, 2.75) is 18.9 Å². The first-order valence-electron chi connectivity index (χ1n) is 8.57. The van der Waals surface area contributed by atoms with Crippen LogP contribution in [-0.4, -0.2) is 43.2 Å². The van der Waals surface area contributed by atoms with E-state index < -0.39 is 0 Å². The van der Waals surface area contributed by atoms with Crippen LogP contribution in [-0.2, 0) is 4.74 Å². The van der Waals surface area contributed by atoms with Gasteiger partial charge in [-0.1, -0.05) is 41.9 Å². The monoisotopic (exact) mass is 359 g/mol. The summed E-state index contributed by atoms with van der Waals surface area (Å²) in [7, 11) is 0. The van der Waals surface area contributed by atoms with E-state index in [1.165, 1.54) is 0 Å². The Hall–Kier alpha value is -2.04. The maximum atomic E-state index is 12.6. The molecule has 0 spiro atoms. The van der Waals surface area contributed by atoms with Crippen LogP contribution in [0.25, 0.3) is 0 Å². The number of para-hydroxylation sites is 1. The summed E-state index contributed by atoms with van der Waals surface area (Å²) < 4.78 is 11.5. The van der Waals surface area contributed by atoms with Gasteiger partial charge in [0, 0.05) is 13.1 Å². The summed E-state index contributed by atoms with van der Waals surface area (Å²) in [4.78, 5) is 14.5. The predicted molar refractivity (Wildman–Crippen MR) is 98.3 cm³/mol. The first-order chi connectivity index (χ1) is 12.2. The van der Waals surface area contributed by atoms with Crippen LogP contribution in [0.15, 0.2) is 54.6 Å². The molecule has 1 atom stereocenters. The Balaban J connectivity index is 1.46. The lowest BCUT2D eigenvalue weighted by molar-refractivity contribution is -0.00817. The van der Waals surface area contributed by atoms with Crippen LogP contribution in [0.1, 0.15) is 23.2 Å². The quantitative estimate of drug-likeness (QED) is 0.731. The van der Waals surface area contributed by atoms with Crippen molar-refractivity contribution in [2.24, 2.45) is 0 Å². The van der Waals surface area contributed by atoms with Gasteiger partial charge in [-0.3, -0.25) is 4.79 Å². The van der Waals surface area contributed by atoms with E-state index in [-0.39, 0.29) is 12.0 Å². The highest BCUT2D eigenvalue weighted by atomic mass is 35.5. The number of ether oxygens (including phenoxy) is 2. The molecule has 4 nitrogen and oxygen atoms in total. The van der Waals surface area contributed by atoms with Crippen LogP contribution in [0.4, 0.5) is 0 Å². The Labute approximate surface area is 153 Å². The largest absolute Gasteiger partial charge is 0.491 e. The summed E-state index contributed by atoms with van der Waals surface area (Å²) >= 11 is 6.14. The number of rotatable bonds is 6. The Morgan fingerprint density at radius 2 is 1.84 bits per heavy atom. The van der Waals surface area contributed by atoms with Gasteiger partial charge in [-0.25, -0.2) is 0 Å². The molecule has 1 saturated heterocycles. The first-order valence-corrected chi connectivity index (χ1v) is 8.95. The maximum Gasteiger partial charge on any atom is 0.255 e. The first kappa shape index (κ1) is 17.8. The van der Waals surface area contributed by atoms with E-state index in [0.717, 1.165) is 25.1 Å². The molecule has 2 aromatic rings. The normalized spacial score (nSPS) is 17.3. The average Bonchev–Trinajstić information content (AvgIpc) is 2.66. The number of hydrogen-bond acceptors (Lipinski definition) is 3. The van der Waals surface area contributed by atoms with E-state index in [0.29, 0.717) is 30.3 Å². The summed E-state index contributed by atoms with van der Waals surface area (Å²) in [6, 6.07) is 16.8. The van der Waals surface area contributed by atoms with E-state index in [4.69, 9.17) is 21.1 Å². The molecule has 0 aromatic heterocycles. The number of amides is 1. The molecule has 0 bridgehead atoms. The number of hydrogen-bond donors (Lipinski definition) is 0. The van der Waals surface area contributed by atoms with Crippen LogP contribution in [0.2, 0.25) is 5.02 Å². The van der Waals surface area contributed by atoms with E-state index in [2.05, 4.69) is 0 Å². The molecular formula is C20H22ClNO3. The fourth-order valence-corrected chi connectivity index (χ4v) is 3.17. The van der Waals surface area contributed by atoms with Gasteiger partial charge in [-0.15, -0.1) is 0 Å². The third kappa shape index (κ3) is 4.97. The topological polar surface area (TPSA) is 38.8 Å². The third-order valence-corrected chi connectivity index (χ3v) is 4.55. The Morgan fingerprint density at radius 3 is 2.64 bits per heavy atom. The maximum absolute atomic E-state index is 12.6. The van der Waals surface area contributed by atoms with Crippen LogP contribution >= 0.6 is 11.6 Å². The van der Waals surface area contributed by atoms with E-state index in [1.807, 2.05) is 47.4 Å². The second-order valence-electron chi connectivity index (χ2n) is 6.03. The molecule has 5 heteroatoms. The molecule has 3 rings (SSSR count). The lowest BCUT2D eigenvalue weighted by atomic mass is 10.1. The van der Waals surface area contributed by atoms with Crippen molar-refractivity contribution < 1.29 is 14.3 Å². The molecule has 0 N–H and O–H groups in total. The molecule has 25 heavy (non-hydrogen) atoms. The van der Waals surface area contributed by atoms with Gasteiger partial charge < -0.3 is 14.4 Å². The standard InChI is InChI=1S/C20H22ClNO3/c21-19-11-5-4-10-18(19)20(23)22-12-6-9-17(15-22)25-14-13-24-16-7-2-1-3-8-16/h1-5,7-8,10-11,17H,6,9,12-15H2. The van der Waals surface area contributed by atoms with Gasteiger partial charge in [0.15, 0.2) is 0 Å². The Morgan fingerprint density at radius 1 is 1.08 bits per heavy atom. The summed E-state index contributed by atoms with van der Waals surface area (Å²) in [5.41, 5.74) is 0.553. The molecule has 1 aliphatic rings. The van der Waals surface area contributed by atoms with Crippen LogP contribution < -0.4 is 4.74 Å². The van der Waals surface area contributed by atoms with Gasteiger partial charge in [0.2, 0.25) is 0 Å². The number of likely N-dealkylation sites (tertiary alicyclic amines) is 1. The predicted octanol–water partition coefficient (Wildman–Crippen LogP) is 4.04. The van der Waals surface area contributed by atoms with Crippen molar-refractivity contribution in [2.75, 3.05) is 26.3 Å². The summed E-state index contributed by atoms with van der Waals surface area (Å²) in [6.07, 6.45) is 1.93. The minimum absolute atomic E-state index is 0.0283. The van der Waals surface area contributed by atoms with E-state index in [9.17, 15) is 4.79 Å². The molecule has 0 radical (unpaired) electrons. The highest BCUT2D eigenvalue weighted by Crippen LogP contribution is 2.21. The second kappa shape index (κ2) is 8.88. The molecule has 1 aliphatic heterocycles. The summed E-state index contributed by atoms with van der Waals surface area (Å²) in [5, 5.41) is 0.492. The highest BCUT2D eigenvalue weighted by Gasteiger charge is 2.25. The fraction of sp³-hybridized carbons (Fsp3) is 0.350. The number of nitrogens with zero attached hydrogens (tertiary/aromatic N) is 1. The average molecular weight is 360 g/mol. The minimum Gasteiger partial charge on any atom is -0.491 e. The van der Waals surface area contributed by atoms with Crippen molar-refractivity contribution in [3.63, 3.8) is 0 Å². The molecule has 1 fully saturated rings. The SMILES string of the molecule is O=C(c1ccccc1Cl)N1CCCC(OCCOc2ccccc2)C1. The number of carbonyl (C=O) groups is 1. The molecule has 1 heterocycles. The summed E-state index contributed by atoms with van der Waals surface area (Å²) in [5.74, 6) is 0.810. The Bertz CT molecular complexity index is 692. The van der Waals surface area contributed by atoms with Crippen LogP contribution in [0.5, 0.6) is 5.75 Å². The smallest absolute Gasteiger partial charge is 0.255 e. The number of piperidine rings is 1. The van der Waals surface area contributed by atoms with Gasteiger partial charge in [-0.05, 0) is 37.1 Å². The molecular weight excluding hydrogens is 338 g/mol.